The number of nitrogens with one attached hydrogen (secondary N) is 2. The van der Waals surface area contributed by atoms with Crippen LogP contribution in [0.3, 0.4) is 0 Å². The van der Waals surface area contributed by atoms with Gasteiger partial charge < -0.3 is 25.4 Å². The third-order valence-corrected chi connectivity index (χ3v) is 4.67. The van der Waals surface area contributed by atoms with Gasteiger partial charge in [-0.3, -0.25) is 4.99 Å². The van der Waals surface area contributed by atoms with Gasteiger partial charge in [-0.15, -0.1) is 0 Å². The predicted molar refractivity (Wildman–Crippen MR) is 103 cm³/mol. The standard InChI is InChI=1S/C19H32N4O2/c1-4-11-23-12-8-16(9-13-23)22-19(20-2)21-10-7-15-5-6-17(25-3)14-18(15)24/h5-6,14,16,24H,4,7-13H2,1-3H3,(H2,20,21,22). The fourth-order valence-electron chi connectivity index (χ4n) is 3.20. The first kappa shape index (κ1) is 19.4. The SMILES string of the molecule is CCCN1CCC(NC(=NC)NCCc2ccc(OC)cc2O)CC1. The number of hydrogen-bond donors (Lipinski definition) is 3. The van der Waals surface area contributed by atoms with Crippen molar-refractivity contribution in [3.63, 3.8) is 0 Å². The van der Waals surface area contributed by atoms with Crippen LogP contribution in [0.15, 0.2) is 23.2 Å². The minimum absolute atomic E-state index is 0.271. The molecule has 0 amide bonds. The first-order valence-corrected chi connectivity index (χ1v) is 9.21. The summed E-state index contributed by atoms with van der Waals surface area (Å²) in [4.78, 5) is 6.85. The van der Waals surface area contributed by atoms with Crippen LogP contribution < -0.4 is 15.4 Å². The van der Waals surface area contributed by atoms with Crippen molar-refractivity contribution >= 4 is 5.96 Å². The molecule has 1 heterocycles. The highest BCUT2D eigenvalue weighted by Crippen LogP contribution is 2.23. The molecule has 1 aliphatic rings. The van der Waals surface area contributed by atoms with Crippen LogP contribution in [0.25, 0.3) is 0 Å². The Kier molecular flexibility index (Phi) is 7.85. The van der Waals surface area contributed by atoms with Crippen molar-refractivity contribution < 1.29 is 9.84 Å². The number of hydrogen-bond acceptors (Lipinski definition) is 4. The number of likely N-dealkylation sites (tertiary alicyclic amines) is 1. The molecule has 0 aromatic heterocycles. The van der Waals surface area contributed by atoms with Gasteiger partial charge >= 0.3 is 0 Å². The number of aromatic hydroxyl groups is 1. The lowest BCUT2D eigenvalue weighted by Crippen LogP contribution is -2.49. The highest BCUT2D eigenvalue weighted by Gasteiger charge is 2.19. The van der Waals surface area contributed by atoms with Crippen LogP contribution in [0.2, 0.25) is 0 Å². The van der Waals surface area contributed by atoms with E-state index in [-0.39, 0.29) is 5.75 Å². The number of guanidine groups is 1. The summed E-state index contributed by atoms with van der Waals surface area (Å²) in [5.74, 6) is 1.77. The van der Waals surface area contributed by atoms with Crippen molar-refractivity contribution in [2.24, 2.45) is 4.99 Å². The lowest BCUT2D eigenvalue weighted by atomic mass is 10.1. The summed E-state index contributed by atoms with van der Waals surface area (Å²) >= 11 is 0. The lowest BCUT2D eigenvalue weighted by Gasteiger charge is -2.32. The lowest BCUT2D eigenvalue weighted by molar-refractivity contribution is 0.206. The van der Waals surface area contributed by atoms with Gasteiger partial charge in [0, 0.05) is 38.8 Å². The second-order valence-corrected chi connectivity index (χ2v) is 6.50. The van der Waals surface area contributed by atoms with Gasteiger partial charge in [0.2, 0.25) is 0 Å². The van der Waals surface area contributed by atoms with E-state index in [0.29, 0.717) is 18.3 Å². The van der Waals surface area contributed by atoms with Gasteiger partial charge in [-0.2, -0.15) is 0 Å². The zero-order valence-electron chi connectivity index (χ0n) is 15.7. The summed E-state index contributed by atoms with van der Waals surface area (Å²) in [6, 6.07) is 5.89. The van der Waals surface area contributed by atoms with Gasteiger partial charge in [-0.25, -0.2) is 0 Å². The molecule has 6 nitrogen and oxygen atoms in total. The highest BCUT2D eigenvalue weighted by molar-refractivity contribution is 5.80. The van der Waals surface area contributed by atoms with Gasteiger partial charge in [-0.05, 0) is 43.9 Å². The second-order valence-electron chi connectivity index (χ2n) is 6.50. The number of piperidine rings is 1. The summed E-state index contributed by atoms with van der Waals surface area (Å²) in [7, 11) is 3.39. The molecule has 1 aromatic rings. The van der Waals surface area contributed by atoms with E-state index in [2.05, 4.69) is 27.4 Å². The monoisotopic (exact) mass is 348 g/mol. The zero-order valence-corrected chi connectivity index (χ0v) is 15.7. The topological polar surface area (TPSA) is 69.1 Å². The van der Waals surface area contributed by atoms with Crippen molar-refractivity contribution in [2.45, 2.75) is 38.6 Å². The molecule has 0 bridgehead atoms. The Morgan fingerprint density at radius 2 is 2.12 bits per heavy atom. The van der Waals surface area contributed by atoms with E-state index in [4.69, 9.17) is 4.74 Å². The third kappa shape index (κ3) is 6.12. The molecule has 140 valence electrons. The molecule has 0 radical (unpaired) electrons. The Balaban J connectivity index is 1.74. The molecule has 0 atom stereocenters. The van der Waals surface area contributed by atoms with Gasteiger partial charge in [0.25, 0.3) is 0 Å². The smallest absolute Gasteiger partial charge is 0.191 e. The maximum absolute atomic E-state index is 10.0. The van der Waals surface area contributed by atoms with E-state index < -0.39 is 0 Å². The maximum Gasteiger partial charge on any atom is 0.191 e. The van der Waals surface area contributed by atoms with Crippen molar-refractivity contribution in [2.75, 3.05) is 40.3 Å². The number of benzene rings is 1. The van der Waals surface area contributed by atoms with Crippen LogP contribution in [0.1, 0.15) is 31.7 Å². The molecule has 1 saturated heterocycles. The first-order valence-electron chi connectivity index (χ1n) is 9.21. The molecule has 1 fully saturated rings. The van der Waals surface area contributed by atoms with Crippen molar-refractivity contribution in [3.05, 3.63) is 23.8 Å². The zero-order chi connectivity index (χ0) is 18.1. The number of aliphatic imine (C=N–C) groups is 1. The van der Waals surface area contributed by atoms with E-state index in [1.54, 1.807) is 20.2 Å². The average molecular weight is 348 g/mol. The molecule has 0 aliphatic carbocycles. The normalized spacial score (nSPS) is 16.7. The van der Waals surface area contributed by atoms with Crippen molar-refractivity contribution in [1.82, 2.24) is 15.5 Å². The summed E-state index contributed by atoms with van der Waals surface area (Å²) in [6.07, 6.45) is 4.25. The minimum atomic E-state index is 0.271. The van der Waals surface area contributed by atoms with Gasteiger partial charge in [0.15, 0.2) is 5.96 Å². The van der Waals surface area contributed by atoms with Crippen molar-refractivity contribution in [1.29, 1.82) is 0 Å². The number of ether oxygens (including phenoxy) is 1. The van der Waals surface area contributed by atoms with Crippen LogP contribution in [-0.4, -0.2) is 62.3 Å². The van der Waals surface area contributed by atoms with Crippen LogP contribution in [0, 0.1) is 0 Å². The summed E-state index contributed by atoms with van der Waals surface area (Å²) in [6.45, 7) is 6.46. The Hall–Kier alpha value is -1.95. The highest BCUT2D eigenvalue weighted by atomic mass is 16.5. The van der Waals surface area contributed by atoms with Crippen LogP contribution in [0.5, 0.6) is 11.5 Å². The van der Waals surface area contributed by atoms with Crippen LogP contribution in [-0.2, 0) is 6.42 Å². The summed E-state index contributed by atoms with van der Waals surface area (Å²) in [5, 5.41) is 16.9. The molecule has 6 heteroatoms. The number of nitrogens with zero attached hydrogens (tertiary/aromatic N) is 2. The maximum atomic E-state index is 10.0. The van der Waals surface area contributed by atoms with E-state index in [1.165, 1.54) is 13.0 Å². The van der Waals surface area contributed by atoms with E-state index >= 15 is 0 Å². The Labute approximate surface area is 151 Å². The van der Waals surface area contributed by atoms with E-state index in [0.717, 1.165) is 43.9 Å². The molecule has 0 saturated carbocycles. The fraction of sp³-hybridized carbons (Fsp3) is 0.632. The number of methoxy groups -OCH3 is 1. The van der Waals surface area contributed by atoms with Gasteiger partial charge in [0.1, 0.15) is 11.5 Å². The molecule has 1 aliphatic heterocycles. The Bertz CT molecular complexity index is 554. The molecule has 0 spiro atoms. The Morgan fingerprint density at radius 1 is 1.36 bits per heavy atom. The van der Waals surface area contributed by atoms with Crippen LogP contribution in [0.4, 0.5) is 0 Å². The quantitative estimate of drug-likeness (QED) is 0.519. The largest absolute Gasteiger partial charge is 0.508 e. The van der Waals surface area contributed by atoms with Gasteiger partial charge in [0.05, 0.1) is 7.11 Å². The molecule has 0 unspecified atom stereocenters. The molecule has 25 heavy (non-hydrogen) atoms. The van der Waals surface area contributed by atoms with Crippen LogP contribution >= 0.6 is 0 Å². The predicted octanol–water partition coefficient (Wildman–Crippen LogP) is 1.98. The molecule has 2 rings (SSSR count). The second kappa shape index (κ2) is 10.1. The Morgan fingerprint density at radius 3 is 2.72 bits per heavy atom. The van der Waals surface area contributed by atoms with E-state index in [1.807, 2.05) is 12.1 Å². The summed E-state index contributed by atoms with van der Waals surface area (Å²) in [5.41, 5.74) is 0.900. The first-order chi connectivity index (χ1) is 12.2. The molecule has 1 aromatic carbocycles. The van der Waals surface area contributed by atoms with E-state index in [9.17, 15) is 5.11 Å². The summed E-state index contributed by atoms with van der Waals surface area (Å²) < 4.78 is 5.11. The molecule has 3 N–H and O–H groups in total. The number of phenolic OH excluding ortho intramolecular Hbond substituents is 1. The minimum Gasteiger partial charge on any atom is -0.508 e. The fourth-order valence-corrected chi connectivity index (χ4v) is 3.20. The molecular weight excluding hydrogens is 316 g/mol. The number of rotatable bonds is 7. The average Bonchev–Trinajstić information content (AvgIpc) is 2.63. The number of phenols is 1. The van der Waals surface area contributed by atoms with Crippen molar-refractivity contribution in [3.8, 4) is 11.5 Å². The third-order valence-electron chi connectivity index (χ3n) is 4.67. The molecular formula is C19H32N4O2. The van der Waals surface area contributed by atoms with Gasteiger partial charge in [-0.1, -0.05) is 13.0 Å².